The fourth-order valence-electron chi connectivity index (χ4n) is 1.38. The normalized spacial score (nSPS) is 18.4. The van der Waals surface area contributed by atoms with E-state index < -0.39 is 5.97 Å². The van der Waals surface area contributed by atoms with Gasteiger partial charge in [0.05, 0.1) is 11.7 Å². The van der Waals surface area contributed by atoms with E-state index in [-0.39, 0.29) is 6.10 Å². The van der Waals surface area contributed by atoms with Crippen molar-refractivity contribution in [1.29, 1.82) is 0 Å². The van der Waals surface area contributed by atoms with Crippen LogP contribution in [0.2, 0.25) is 0 Å². The second-order valence-electron chi connectivity index (χ2n) is 3.60. The lowest BCUT2D eigenvalue weighted by Gasteiger charge is -2.07. The number of carbonyl (C=O) groups is 1. The highest BCUT2D eigenvalue weighted by Gasteiger charge is 2.00. The Kier molecular flexibility index (Phi) is 5.29. The van der Waals surface area contributed by atoms with Gasteiger partial charge in [0.15, 0.2) is 0 Å². The van der Waals surface area contributed by atoms with Gasteiger partial charge in [-0.1, -0.05) is 30.4 Å². The second-order valence-corrected chi connectivity index (χ2v) is 3.60. The van der Waals surface area contributed by atoms with E-state index in [1.54, 1.807) is 30.3 Å². The molecule has 1 aliphatic carbocycles. The van der Waals surface area contributed by atoms with Crippen molar-refractivity contribution >= 4 is 5.97 Å². The van der Waals surface area contributed by atoms with Crippen molar-refractivity contribution in [3.8, 4) is 0 Å². The van der Waals surface area contributed by atoms with Gasteiger partial charge in [-0.3, -0.25) is 0 Å². The molecule has 0 fully saturated rings. The van der Waals surface area contributed by atoms with Crippen molar-refractivity contribution in [3.63, 3.8) is 0 Å². The first-order valence-corrected chi connectivity index (χ1v) is 5.33. The number of carboxylic acid groups (broad SMARTS) is 1. The lowest BCUT2D eigenvalue weighted by Crippen LogP contribution is -2.04. The van der Waals surface area contributed by atoms with Crippen LogP contribution in [0.5, 0.6) is 0 Å². The second kappa shape index (κ2) is 6.80. The third-order valence-electron chi connectivity index (χ3n) is 2.25. The number of allylic oxidation sites excluding steroid dienone is 1. The molecule has 16 heavy (non-hydrogen) atoms. The quantitative estimate of drug-likeness (QED) is 0.715. The average Bonchev–Trinajstić information content (AvgIpc) is 2.32. The monoisotopic (exact) mass is 220 g/mol. The maximum absolute atomic E-state index is 10.2. The fourth-order valence-corrected chi connectivity index (χ4v) is 1.38. The van der Waals surface area contributed by atoms with Crippen molar-refractivity contribution in [3.05, 3.63) is 48.0 Å². The first-order chi connectivity index (χ1) is 7.70. The topological polar surface area (TPSA) is 57.5 Å². The molecule has 0 saturated carbocycles. The van der Waals surface area contributed by atoms with E-state index in [0.29, 0.717) is 5.56 Å². The van der Waals surface area contributed by atoms with Crippen LogP contribution in [-0.2, 0) is 0 Å². The van der Waals surface area contributed by atoms with Gasteiger partial charge < -0.3 is 10.2 Å². The number of hydrogen-bond donors (Lipinski definition) is 2. The predicted molar refractivity (Wildman–Crippen MR) is 62.4 cm³/mol. The van der Waals surface area contributed by atoms with Crippen LogP contribution in [0.25, 0.3) is 0 Å². The summed E-state index contributed by atoms with van der Waals surface area (Å²) in [5.74, 6) is -0.879. The zero-order valence-electron chi connectivity index (χ0n) is 9.04. The molecule has 0 radical (unpaired) electrons. The molecule has 1 aliphatic rings. The number of rotatable bonds is 1. The molecular formula is C13H16O3. The fraction of sp³-hybridized carbons (Fsp3) is 0.308. The summed E-state index contributed by atoms with van der Waals surface area (Å²) in [5, 5.41) is 17.2. The zero-order valence-corrected chi connectivity index (χ0v) is 9.04. The highest BCUT2D eigenvalue weighted by Crippen LogP contribution is 2.08. The third-order valence-corrected chi connectivity index (χ3v) is 2.25. The Morgan fingerprint density at radius 2 is 1.94 bits per heavy atom. The summed E-state index contributed by atoms with van der Waals surface area (Å²) in [4.78, 5) is 10.2. The lowest BCUT2D eigenvalue weighted by atomic mass is 10.1. The molecule has 0 amide bonds. The summed E-state index contributed by atoms with van der Waals surface area (Å²) in [6.45, 7) is 0. The van der Waals surface area contributed by atoms with E-state index in [1.807, 2.05) is 12.2 Å². The molecule has 0 heterocycles. The first-order valence-electron chi connectivity index (χ1n) is 5.33. The minimum atomic E-state index is -0.879. The van der Waals surface area contributed by atoms with Gasteiger partial charge in [-0.25, -0.2) is 4.79 Å². The van der Waals surface area contributed by atoms with Crippen LogP contribution in [0, 0.1) is 0 Å². The molecule has 1 atom stereocenters. The zero-order chi connectivity index (χ0) is 11.8. The molecule has 3 heteroatoms. The number of carboxylic acids is 1. The lowest BCUT2D eigenvalue weighted by molar-refractivity contribution is 0.0697. The molecule has 1 aromatic rings. The van der Waals surface area contributed by atoms with Crippen molar-refractivity contribution in [2.24, 2.45) is 0 Å². The average molecular weight is 220 g/mol. The first kappa shape index (κ1) is 12.5. The van der Waals surface area contributed by atoms with Crippen molar-refractivity contribution in [2.75, 3.05) is 0 Å². The predicted octanol–water partition coefficient (Wildman–Crippen LogP) is 2.47. The molecular weight excluding hydrogens is 204 g/mol. The maximum atomic E-state index is 10.2. The van der Waals surface area contributed by atoms with Crippen LogP contribution >= 0.6 is 0 Å². The van der Waals surface area contributed by atoms with Gasteiger partial charge in [-0.05, 0) is 31.4 Å². The molecule has 0 bridgehead atoms. The summed E-state index contributed by atoms with van der Waals surface area (Å²) in [5.41, 5.74) is 0.331. The largest absolute Gasteiger partial charge is 0.478 e. The molecule has 0 spiro atoms. The number of aromatic carboxylic acids is 1. The van der Waals surface area contributed by atoms with E-state index in [0.717, 1.165) is 19.3 Å². The van der Waals surface area contributed by atoms with Crippen LogP contribution in [0.3, 0.4) is 0 Å². The minimum Gasteiger partial charge on any atom is -0.478 e. The summed E-state index contributed by atoms with van der Waals surface area (Å²) in [6, 6.07) is 8.30. The van der Waals surface area contributed by atoms with Gasteiger partial charge >= 0.3 is 5.97 Å². The number of hydrogen-bond acceptors (Lipinski definition) is 2. The van der Waals surface area contributed by atoms with Gasteiger partial charge in [-0.2, -0.15) is 0 Å². The maximum Gasteiger partial charge on any atom is 0.335 e. The van der Waals surface area contributed by atoms with Crippen LogP contribution in [0.15, 0.2) is 42.5 Å². The Morgan fingerprint density at radius 3 is 2.25 bits per heavy atom. The summed E-state index contributed by atoms with van der Waals surface area (Å²) >= 11 is 0. The SMILES string of the molecule is O=C(O)c1ccccc1.OC1C=CCCC1. The van der Waals surface area contributed by atoms with E-state index in [2.05, 4.69) is 0 Å². The van der Waals surface area contributed by atoms with Crippen molar-refractivity contribution < 1.29 is 15.0 Å². The van der Waals surface area contributed by atoms with Crippen LogP contribution in [0.1, 0.15) is 29.6 Å². The van der Waals surface area contributed by atoms with Gasteiger partial charge in [0.25, 0.3) is 0 Å². The van der Waals surface area contributed by atoms with Gasteiger partial charge in [-0.15, -0.1) is 0 Å². The molecule has 2 N–H and O–H groups in total. The molecule has 1 aromatic carbocycles. The Morgan fingerprint density at radius 1 is 1.25 bits per heavy atom. The Bertz CT molecular complexity index is 343. The molecule has 1 unspecified atom stereocenters. The molecule has 2 rings (SSSR count). The van der Waals surface area contributed by atoms with Crippen molar-refractivity contribution in [2.45, 2.75) is 25.4 Å². The Labute approximate surface area is 95.0 Å². The van der Waals surface area contributed by atoms with E-state index in [1.165, 1.54) is 0 Å². The highest BCUT2D eigenvalue weighted by atomic mass is 16.4. The highest BCUT2D eigenvalue weighted by molar-refractivity contribution is 5.87. The number of aliphatic hydroxyl groups is 1. The van der Waals surface area contributed by atoms with Gasteiger partial charge in [0, 0.05) is 0 Å². The van der Waals surface area contributed by atoms with Gasteiger partial charge in [0.1, 0.15) is 0 Å². The van der Waals surface area contributed by atoms with E-state index >= 15 is 0 Å². The minimum absolute atomic E-state index is 0.145. The molecule has 86 valence electrons. The Hall–Kier alpha value is -1.61. The summed E-state index contributed by atoms with van der Waals surface area (Å²) < 4.78 is 0. The number of benzene rings is 1. The van der Waals surface area contributed by atoms with Crippen LogP contribution < -0.4 is 0 Å². The Balaban J connectivity index is 0.000000165. The molecule has 3 nitrogen and oxygen atoms in total. The molecule has 0 aliphatic heterocycles. The molecule has 0 aromatic heterocycles. The van der Waals surface area contributed by atoms with Crippen LogP contribution in [0.4, 0.5) is 0 Å². The number of aliphatic hydroxyl groups excluding tert-OH is 1. The van der Waals surface area contributed by atoms with E-state index in [9.17, 15) is 4.79 Å². The summed E-state index contributed by atoms with van der Waals surface area (Å²) in [6.07, 6.45) is 7.01. The van der Waals surface area contributed by atoms with Crippen LogP contribution in [-0.4, -0.2) is 22.3 Å². The van der Waals surface area contributed by atoms with Crippen molar-refractivity contribution in [1.82, 2.24) is 0 Å². The third kappa shape index (κ3) is 4.75. The van der Waals surface area contributed by atoms with E-state index in [4.69, 9.17) is 10.2 Å². The van der Waals surface area contributed by atoms with Gasteiger partial charge in [0.2, 0.25) is 0 Å². The smallest absolute Gasteiger partial charge is 0.335 e. The summed E-state index contributed by atoms with van der Waals surface area (Å²) in [7, 11) is 0. The standard InChI is InChI=1S/C7H6O2.C6H10O/c8-7(9)6-4-2-1-3-5-6;7-6-4-2-1-3-5-6/h1-5H,(H,8,9);2,4,6-7H,1,3,5H2. The molecule has 0 saturated heterocycles.